The fraction of sp³-hybridized carbons (Fsp3) is 0.500. The van der Waals surface area contributed by atoms with Crippen LogP contribution in [0.5, 0.6) is 11.5 Å². The molecule has 0 radical (unpaired) electrons. The van der Waals surface area contributed by atoms with Crippen LogP contribution in [0, 0.1) is 0 Å². The Balaban J connectivity index is 2.05. The van der Waals surface area contributed by atoms with Gasteiger partial charge in [-0.2, -0.15) is 0 Å². The van der Waals surface area contributed by atoms with Gasteiger partial charge in [-0.1, -0.05) is 6.07 Å². The molecule has 0 heterocycles. The Hall–Kier alpha value is -1.75. The molecule has 2 rings (SSSR count). The van der Waals surface area contributed by atoms with Crippen molar-refractivity contribution in [3.63, 3.8) is 0 Å². The van der Waals surface area contributed by atoms with Crippen LogP contribution in [-0.2, 0) is 17.6 Å². The molecule has 104 valence electrons. The van der Waals surface area contributed by atoms with Crippen LogP contribution in [0.15, 0.2) is 12.1 Å². The van der Waals surface area contributed by atoms with E-state index in [9.17, 15) is 4.79 Å². The Morgan fingerprint density at radius 3 is 2.95 bits per heavy atom. The van der Waals surface area contributed by atoms with Crippen LogP contribution in [0.4, 0.5) is 0 Å². The first-order valence-electron chi connectivity index (χ1n) is 6.40. The molecule has 5 nitrogen and oxygen atoms in total. The van der Waals surface area contributed by atoms with Gasteiger partial charge >= 0.3 is 5.97 Å². The maximum absolute atomic E-state index is 10.4. The van der Waals surface area contributed by atoms with E-state index in [0.717, 1.165) is 24.2 Å². The maximum atomic E-state index is 10.4. The SMILES string of the molecule is COc1c(OCCCC(=O)O)ccc2c1CC(N)C2. The first-order chi connectivity index (χ1) is 9.11. The van der Waals surface area contributed by atoms with Crippen LogP contribution >= 0.6 is 0 Å². The van der Waals surface area contributed by atoms with Crippen LogP contribution in [0.3, 0.4) is 0 Å². The standard InChI is InChI=1S/C14H19NO4/c1-18-14-11-8-10(15)7-9(11)4-5-12(14)19-6-2-3-13(16)17/h4-5,10H,2-3,6-8,15H2,1H3,(H,16,17). The largest absolute Gasteiger partial charge is 0.493 e. The number of ether oxygens (including phenoxy) is 2. The molecule has 1 aromatic rings. The number of benzene rings is 1. The van der Waals surface area contributed by atoms with Crippen molar-refractivity contribution in [2.75, 3.05) is 13.7 Å². The van der Waals surface area contributed by atoms with Crippen LogP contribution in [0.2, 0.25) is 0 Å². The molecule has 1 aliphatic rings. The van der Waals surface area contributed by atoms with Gasteiger partial charge in [-0.05, 0) is 30.9 Å². The molecular formula is C14H19NO4. The summed E-state index contributed by atoms with van der Waals surface area (Å²) in [5, 5.41) is 8.57. The van der Waals surface area contributed by atoms with Crippen molar-refractivity contribution >= 4 is 5.97 Å². The number of aliphatic carboxylic acids is 1. The molecule has 0 aliphatic heterocycles. The van der Waals surface area contributed by atoms with Crippen LogP contribution in [0.25, 0.3) is 0 Å². The molecule has 0 aromatic heterocycles. The van der Waals surface area contributed by atoms with Crippen LogP contribution in [-0.4, -0.2) is 30.8 Å². The summed E-state index contributed by atoms with van der Waals surface area (Å²) in [6, 6.07) is 4.03. The highest BCUT2D eigenvalue weighted by Gasteiger charge is 2.24. The molecule has 0 saturated heterocycles. The van der Waals surface area contributed by atoms with Gasteiger partial charge in [-0.3, -0.25) is 4.79 Å². The van der Waals surface area contributed by atoms with Crippen molar-refractivity contribution in [2.24, 2.45) is 5.73 Å². The summed E-state index contributed by atoms with van der Waals surface area (Å²) in [5.41, 5.74) is 8.28. The number of carbonyl (C=O) groups is 1. The van der Waals surface area contributed by atoms with E-state index in [4.69, 9.17) is 20.3 Å². The van der Waals surface area contributed by atoms with Gasteiger partial charge in [0.15, 0.2) is 11.5 Å². The minimum absolute atomic E-state index is 0.109. The molecule has 0 amide bonds. The predicted molar refractivity (Wildman–Crippen MR) is 70.7 cm³/mol. The monoisotopic (exact) mass is 265 g/mol. The molecule has 19 heavy (non-hydrogen) atoms. The molecule has 1 atom stereocenters. The van der Waals surface area contributed by atoms with Gasteiger partial charge in [0.2, 0.25) is 0 Å². The lowest BCUT2D eigenvalue weighted by molar-refractivity contribution is -0.137. The minimum atomic E-state index is -0.810. The lowest BCUT2D eigenvalue weighted by Crippen LogP contribution is -2.19. The third kappa shape index (κ3) is 3.17. The zero-order chi connectivity index (χ0) is 13.8. The van der Waals surface area contributed by atoms with Crippen LogP contribution < -0.4 is 15.2 Å². The molecule has 3 N–H and O–H groups in total. The first kappa shape index (κ1) is 13.7. The Morgan fingerprint density at radius 2 is 2.26 bits per heavy atom. The van der Waals surface area contributed by atoms with E-state index in [2.05, 4.69) is 0 Å². The van der Waals surface area contributed by atoms with Crippen molar-refractivity contribution in [1.82, 2.24) is 0 Å². The second kappa shape index (κ2) is 5.93. The number of carboxylic acids is 1. The Labute approximate surface area is 112 Å². The van der Waals surface area contributed by atoms with E-state index in [-0.39, 0.29) is 12.5 Å². The normalized spacial score (nSPS) is 17.1. The summed E-state index contributed by atoms with van der Waals surface area (Å²) >= 11 is 0. The molecule has 1 unspecified atom stereocenters. The van der Waals surface area contributed by atoms with Gasteiger partial charge < -0.3 is 20.3 Å². The van der Waals surface area contributed by atoms with Gasteiger partial charge in [0.25, 0.3) is 0 Å². The number of carboxylic acid groups (broad SMARTS) is 1. The Bertz CT molecular complexity index is 473. The van der Waals surface area contributed by atoms with Gasteiger partial charge in [0.1, 0.15) is 0 Å². The first-order valence-corrected chi connectivity index (χ1v) is 6.40. The van der Waals surface area contributed by atoms with Crippen molar-refractivity contribution in [3.8, 4) is 11.5 Å². The highest BCUT2D eigenvalue weighted by atomic mass is 16.5. The topological polar surface area (TPSA) is 81.8 Å². The molecule has 0 bridgehead atoms. The van der Waals surface area contributed by atoms with E-state index in [1.807, 2.05) is 12.1 Å². The number of fused-ring (bicyclic) bond motifs is 1. The number of rotatable bonds is 6. The highest BCUT2D eigenvalue weighted by Crippen LogP contribution is 2.38. The number of hydrogen-bond donors (Lipinski definition) is 2. The second-order valence-corrected chi connectivity index (χ2v) is 4.75. The molecular weight excluding hydrogens is 246 g/mol. The fourth-order valence-corrected chi connectivity index (χ4v) is 2.42. The van der Waals surface area contributed by atoms with Gasteiger partial charge in [0, 0.05) is 18.0 Å². The average molecular weight is 265 g/mol. The lowest BCUT2D eigenvalue weighted by atomic mass is 10.1. The summed E-state index contributed by atoms with van der Waals surface area (Å²) in [5.74, 6) is 0.594. The summed E-state index contributed by atoms with van der Waals surface area (Å²) in [4.78, 5) is 10.4. The number of hydrogen-bond acceptors (Lipinski definition) is 4. The maximum Gasteiger partial charge on any atom is 0.303 e. The van der Waals surface area contributed by atoms with Crippen molar-refractivity contribution in [2.45, 2.75) is 31.7 Å². The molecule has 1 aromatic carbocycles. The van der Waals surface area contributed by atoms with E-state index >= 15 is 0 Å². The van der Waals surface area contributed by atoms with Crippen LogP contribution in [0.1, 0.15) is 24.0 Å². The summed E-state index contributed by atoms with van der Waals surface area (Å²) in [6.07, 6.45) is 2.25. The summed E-state index contributed by atoms with van der Waals surface area (Å²) < 4.78 is 11.0. The lowest BCUT2D eigenvalue weighted by Gasteiger charge is -2.14. The summed E-state index contributed by atoms with van der Waals surface area (Å²) in [7, 11) is 1.61. The smallest absolute Gasteiger partial charge is 0.303 e. The Morgan fingerprint density at radius 1 is 1.47 bits per heavy atom. The third-order valence-corrected chi connectivity index (χ3v) is 3.27. The Kier molecular flexibility index (Phi) is 4.27. The highest BCUT2D eigenvalue weighted by molar-refractivity contribution is 5.66. The van der Waals surface area contributed by atoms with Gasteiger partial charge in [-0.15, -0.1) is 0 Å². The summed E-state index contributed by atoms with van der Waals surface area (Å²) in [6.45, 7) is 0.369. The zero-order valence-corrected chi connectivity index (χ0v) is 11.0. The predicted octanol–water partition coefficient (Wildman–Crippen LogP) is 1.36. The van der Waals surface area contributed by atoms with E-state index < -0.39 is 5.97 Å². The molecule has 1 aliphatic carbocycles. The fourth-order valence-electron chi connectivity index (χ4n) is 2.42. The molecule has 5 heteroatoms. The minimum Gasteiger partial charge on any atom is -0.493 e. The molecule has 0 saturated carbocycles. The van der Waals surface area contributed by atoms with Crippen molar-refractivity contribution in [3.05, 3.63) is 23.3 Å². The van der Waals surface area contributed by atoms with Gasteiger partial charge in [-0.25, -0.2) is 0 Å². The molecule has 0 spiro atoms. The zero-order valence-electron chi connectivity index (χ0n) is 11.0. The average Bonchev–Trinajstić information content (AvgIpc) is 2.74. The second-order valence-electron chi connectivity index (χ2n) is 4.75. The van der Waals surface area contributed by atoms with Crippen molar-refractivity contribution in [1.29, 1.82) is 0 Å². The third-order valence-electron chi connectivity index (χ3n) is 3.27. The van der Waals surface area contributed by atoms with Gasteiger partial charge in [0.05, 0.1) is 13.7 Å². The van der Waals surface area contributed by atoms with Crippen molar-refractivity contribution < 1.29 is 19.4 Å². The van der Waals surface area contributed by atoms with E-state index in [1.165, 1.54) is 5.56 Å². The number of nitrogens with two attached hydrogens (primary N) is 1. The molecule has 0 fully saturated rings. The number of methoxy groups -OCH3 is 1. The van der Waals surface area contributed by atoms with E-state index in [1.54, 1.807) is 7.11 Å². The van der Waals surface area contributed by atoms with E-state index in [0.29, 0.717) is 18.8 Å². The quantitative estimate of drug-likeness (QED) is 0.759.